The fraction of sp³-hybridized carbons (Fsp3) is 0.294. The van der Waals surface area contributed by atoms with Crippen LogP contribution in [0, 0.1) is 0 Å². The summed E-state index contributed by atoms with van der Waals surface area (Å²) in [5, 5.41) is 5.53. The quantitative estimate of drug-likeness (QED) is 0.860. The standard InChI is InChI=1S/C17H20N2O3/c1-3-11-18-16(20)13-7-5-6-8-14(13)19-17(21)15-10-9-12(4-2)22-15/h5-10H,3-4,11H2,1-2H3,(H,18,20)(H,19,21). The van der Waals surface area contributed by atoms with Crippen molar-refractivity contribution in [3.63, 3.8) is 0 Å². The molecule has 0 aliphatic carbocycles. The van der Waals surface area contributed by atoms with E-state index in [1.54, 1.807) is 36.4 Å². The van der Waals surface area contributed by atoms with Crippen molar-refractivity contribution in [1.82, 2.24) is 5.32 Å². The minimum atomic E-state index is -0.365. The van der Waals surface area contributed by atoms with Gasteiger partial charge in [0.05, 0.1) is 11.3 Å². The molecule has 1 heterocycles. The Labute approximate surface area is 129 Å². The van der Waals surface area contributed by atoms with Crippen LogP contribution in [-0.4, -0.2) is 18.4 Å². The Morgan fingerprint density at radius 1 is 1.05 bits per heavy atom. The molecule has 0 unspecified atom stereocenters. The van der Waals surface area contributed by atoms with Gasteiger partial charge >= 0.3 is 0 Å². The monoisotopic (exact) mass is 300 g/mol. The number of furan rings is 1. The van der Waals surface area contributed by atoms with E-state index in [0.717, 1.165) is 18.6 Å². The third-order valence-corrected chi connectivity index (χ3v) is 3.19. The van der Waals surface area contributed by atoms with Gasteiger partial charge in [-0.25, -0.2) is 0 Å². The van der Waals surface area contributed by atoms with Crippen molar-refractivity contribution < 1.29 is 14.0 Å². The molecule has 2 N–H and O–H groups in total. The molecule has 0 radical (unpaired) electrons. The Balaban J connectivity index is 2.15. The van der Waals surface area contributed by atoms with Gasteiger partial charge in [-0.2, -0.15) is 0 Å². The molecule has 116 valence electrons. The average molecular weight is 300 g/mol. The number of hydrogen-bond acceptors (Lipinski definition) is 3. The molecule has 5 nitrogen and oxygen atoms in total. The molecule has 1 aromatic carbocycles. The smallest absolute Gasteiger partial charge is 0.291 e. The molecule has 0 spiro atoms. The van der Waals surface area contributed by atoms with E-state index in [-0.39, 0.29) is 17.6 Å². The molecule has 2 aromatic rings. The molecule has 22 heavy (non-hydrogen) atoms. The van der Waals surface area contributed by atoms with E-state index in [1.807, 2.05) is 13.8 Å². The summed E-state index contributed by atoms with van der Waals surface area (Å²) in [5.74, 6) is 0.418. The normalized spacial score (nSPS) is 10.3. The maximum Gasteiger partial charge on any atom is 0.291 e. The predicted octanol–water partition coefficient (Wildman–Crippen LogP) is 3.23. The lowest BCUT2D eigenvalue weighted by molar-refractivity contribution is 0.0954. The number of carbonyl (C=O) groups is 2. The third kappa shape index (κ3) is 3.75. The van der Waals surface area contributed by atoms with Crippen molar-refractivity contribution in [2.24, 2.45) is 0 Å². The Kier molecular flexibility index (Phi) is 5.36. The predicted molar refractivity (Wildman–Crippen MR) is 85.1 cm³/mol. The van der Waals surface area contributed by atoms with Crippen molar-refractivity contribution in [3.05, 3.63) is 53.5 Å². The van der Waals surface area contributed by atoms with Crippen LogP contribution in [0.4, 0.5) is 5.69 Å². The highest BCUT2D eigenvalue weighted by Crippen LogP contribution is 2.17. The highest BCUT2D eigenvalue weighted by molar-refractivity contribution is 6.07. The number of nitrogens with one attached hydrogen (secondary N) is 2. The molecule has 0 atom stereocenters. The van der Waals surface area contributed by atoms with Crippen LogP contribution in [0.5, 0.6) is 0 Å². The number of benzene rings is 1. The van der Waals surface area contributed by atoms with Crippen LogP contribution in [0.1, 0.15) is 46.9 Å². The van der Waals surface area contributed by atoms with Crippen molar-refractivity contribution >= 4 is 17.5 Å². The molecule has 0 aliphatic rings. The second kappa shape index (κ2) is 7.45. The zero-order valence-corrected chi connectivity index (χ0v) is 12.8. The van der Waals surface area contributed by atoms with E-state index in [1.165, 1.54) is 0 Å². The van der Waals surface area contributed by atoms with Crippen LogP contribution >= 0.6 is 0 Å². The number of amides is 2. The number of aryl methyl sites for hydroxylation is 1. The van der Waals surface area contributed by atoms with E-state index in [4.69, 9.17) is 4.42 Å². The number of anilines is 1. The molecule has 0 fully saturated rings. The molecular weight excluding hydrogens is 280 g/mol. The van der Waals surface area contributed by atoms with E-state index in [0.29, 0.717) is 17.8 Å². The van der Waals surface area contributed by atoms with Gasteiger partial charge in [-0.1, -0.05) is 26.0 Å². The van der Waals surface area contributed by atoms with Gasteiger partial charge in [0.2, 0.25) is 0 Å². The van der Waals surface area contributed by atoms with E-state index in [9.17, 15) is 9.59 Å². The van der Waals surface area contributed by atoms with Crippen LogP contribution < -0.4 is 10.6 Å². The minimum Gasteiger partial charge on any atom is -0.456 e. The van der Waals surface area contributed by atoms with Crippen molar-refractivity contribution in [2.75, 3.05) is 11.9 Å². The highest BCUT2D eigenvalue weighted by Gasteiger charge is 2.15. The van der Waals surface area contributed by atoms with Gasteiger partial charge in [-0.15, -0.1) is 0 Å². The molecule has 2 amide bonds. The number of rotatable bonds is 6. The summed E-state index contributed by atoms with van der Waals surface area (Å²) >= 11 is 0. The van der Waals surface area contributed by atoms with Gasteiger partial charge in [0.15, 0.2) is 5.76 Å². The first-order valence-corrected chi connectivity index (χ1v) is 7.43. The van der Waals surface area contributed by atoms with Gasteiger partial charge in [0.1, 0.15) is 5.76 Å². The summed E-state index contributed by atoms with van der Waals surface area (Å²) in [6.07, 6.45) is 1.58. The summed E-state index contributed by atoms with van der Waals surface area (Å²) < 4.78 is 5.42. The number of hydrogen-bond donors (Lipinski definition) is 2. The van der Waals surface area contributed by atoms with Crippen molar-refractivity contribution in [3.8, 4) is 0 Å². The number of para-hydroxylation sites is 1. The third-order valence-electron chi connectivity index (χ3n) is 3.19. The van der Waals surface area contributed by atoms with Crippen LogP contribution in [0.15, 0.2) is 40.8 Å². The van der Waals surface area contributed by atoms with Crippen LogP contribution in [-0.2, 0) is 6.42 Å². The summed E-state index contributed by atoms with van der Waals surface area (Å²) in [7, 11) is 0. The van der Waals surface area contributed by atoms with Gasteiger partial charge in [0, 0.05) is 13.0 Å². The molecule has 5 heteroatoms. The second-order valence-electron chi connectivity index (χ2n) is 4.88. The Morgan fingerprint density at radius 3 is 2.50 bits per heavy atom. The lowest BCUT2D eigenvalue weighted by atomic mass is 10.1. The Bertz CT molecular complexity index is 661. The SMILES string of the molecule is CCCNC(=O)c1ccccc1NC(=O)c1ccc(CC)o1. The second-order valence-corrected chi connectivity index (χ2v) is 4.88. The molecule has 2 rings (SSSR count). The highest BCUT2D eigenvalue weighted by atomic mass is 16.3. The molecule has 1 aromatic heterocycles. The van der Waals surface area contributed by atoms with E-state index < -0.39 is 0 Å². The van der Waals surface area contributed by atoms with Crippen LogP contribution in [0.2, 0.25) is 0 Å². The zero-order chi connectivity index (χ0) is 15.9. The lowest BCUT2D eigenvalue weighted by Gasteiger charge is -2.10. The van der Waals surface area contributed by atoms with Crippen molar-refractivity contribution in [2.45, 2.75) is 26.7 Å². The summed E-state index contributed by atoms with van der Waals surface area (Å²) in [4.78, 5) is 24.3. The van der Waals surface area contributed by atoms with Gasteiger partial charge in [0.25, 0.3) is 11.8 Å². The van der Waals surface area contributed by atoms with Gasteiger partial charge < -0.3 is 15.1 Å². The molecule has 0 saturated carbocycles. The maximum atomic E-state index is 12.2. The first kappa shape index (κ1) is 15.8. The summed E-state index contributed by atoms with van der Waals surface area (Å²) in [6.45, 7) is 4.53. The largest absolute Gasteiger partial charge is 0.456 e. The first-order valence-electron chi connectivity index (χ1n) is 7.43. The zero-order valence-electron chi connectivity index (χ0n) is 12.8. The molecule has 0 bridgehead atoms. The first-order chi connectivity index (χ1) is 10.7. The average Bonchev–Trinajstić information content (AvgIpc) is 3.02. The van der Waals surface area contributed by atoms with Gasteiger partial charge in [-0.3, -0.25) is 9.59 Å². The fourth-order valence-corrected chi connectivity index (χ4v) is 2.00. The summed E-state index contributed by atoms with van der Waals surface area (Å²) in [5.41, 5.74) is 0.905. The lowest BCUT2D eigenvalue weighted by Crippen LogP contribution is -2.25. The van der Waals surface area contributed by atoms with E-state index >= 15 is 0 Å². The fourth-order valence-electron chi connectivity index (χ4n) is 2.00. The van der Waals surface area contributed by atoms with E-state index in [2.05, 4.69) is 10.6 Å². The Hall–Kier alpha value is -2.56. The summed E-state index contributed by atoms with van der Waals surface area (Å²) in [6, 6.07) is 10.3. The maximum absolute atomic E-state index is 12.2. The number of carbonyl (C=O) groups excluding carboxylic acids is 2. The minimum absolute atomic E-state index is 0.202. The van der Waals surface area contributed by atoms with Crippen LogP contribution in [0.25, 0.3) is 0 Å². The topological polar surface area (TPSA) is 71.3 Å². The molecular formula is C17H20N2O3. The van der Waals surface area contributed by atoms with Crippen molar-refractivity contribution in [1.29, 1.82) is 0 Å². The Morgan fingerprint density at radius 2 is 1.82 bits per heavy atom. The van der Waals surface area contributed by atoms with Crippen LogP contribution in [0.3, 0.4) is 0 Å². The molecule has 0 saturated heterocycles. The molecule has 0 aliphatic heterocycles. The van der Waals surface area contributed by atoms with Gasteiger partial charge in [-0.05, 0) is 30.7 Å².